The van der Waals surface area contributed by atoms with Crippen molar-refractivity contribution < 1.29 is 37.5 Å². The molecule has 3 aromatic carbocycles. The molecule has 0 aliphatic rings. The number of hydrogen-bond acceptors (Lipinski definition) is 8. The van der Waals surface area contributed by atoms with E-state index in [1.165, 1.54) is 18.2 Å². The third-order valence-corrected chi connectivity index (χ3v) is 9.09. The Morgan fingerprint density at radius 2 is 1.65 bits per heavy atom. The molecule has 0 spiro atoms. The van der Waals surface area contributed by atoms with Crippen LogP contribution in [-0.2, 0) is 36.5 Å². The molecule has 0 radical (unpaired) electrons. The Balaban J connectivity index is 1.42. The Morgan fingerprint density at radius 1 is 0.939 bits per heavy atom. The van der Waals surface area contributed by atoms with Gasteiger partial charge in [0.25, 0.3) is 5.91 Å². The average Bonchev–Trinajstić information content (AvgIpc) is 3.64. The third kappa shape index (κ3) is 10.9. The Kier molecular flexibility index (Phi) is 14.6. The number of carbonyl (C=O) groups excluding carboxylic acids is 3. The van der Waals surface area contributed by atoms with E-state index >= 15 is 0 Å². The van der Waals surface area contributed by atoms with E-state index in [2.05, 4.69) is 10.6 Å². The van der Waals surface area contributed by atoms with Crippen LogP contribution in [0.2, 0.25) is 0 Å². The minimum absolute atomic E-state index is 0.0271. The summed E-state index contributed by atoms with van der Waals surface area (Å²) < 4.78 is 28.8. The van der Waals surface area contributed by atoms with Crippen molar-refractivity contribution in [2.75, 3.05) is 20.4 Å². The first-order chi connectivity index (χ1) is 23.9. The van der Waals surface area contributed by atoms with Crippen molar-refractivity contribution in [1.82, 2.24) is 15.7 Å². The van der Waals surface area contributed by atoms with Crippen LogP contribution in [0.4, 0.5) is 0 Å². The number of hydroxylamine groups is 2. The minimum Gasteiger partial charge on any atom is -0.494 e. The molecule has 0 saturated carbocycles. The van der Waals surface area contributed by atoms with Crippen molar-refractivity contribution >= 4 is 31.6 Å². The van der Waals surface area contributed by atoms with E-state index in [1.54, 1.807) is 24.3 Å². The number of nitrogens with one attached hydrogen (secondary N) is 2. The van der Waals surface area contributed by atoms with Gasteiger partial charge in [-0.15, -0.1) is 0 Å². The summed E-state index contributed by atoms with van der Waals surface area (Å²) in [6.45, 7) is 4.17. The van der Waals surface area contributed by atoms with Gasteiger partial charge in [0.05, 0.1) is 25.2 Å². The van der Waals surface area contributed by atoms with Crippen molar-refractivity contribution in [2.24, 2.45) is 5.92 Å². The van der Waals surface area contributed by atoms with Gasteiger partial charge >= 0.3 is 0 Å². The minimum atomic E-state index is -2.48. The summed E-state index contributed by atoms with van der Waals surface area (Å²) >= 11 is 0. The predicted molar refractivity (Wildman–Crippen MR) is 188 cm³/mol. The highest BCUT2D eigenvalue weighted by Crippen LogP contribution is 2.30. The van der Waals surface area contributed by atoms with Gasteiger partial charge in [0.2, 0.25) is 20.3 Å². The number of nitrogens with zero attached hydrogens (tertiary/aromatic N) is 1. The molecule has 1 aromatic heterocycles. The molecule has 0 aliphatic heterocycles. The normalized spacial score (nSPS) is 12.8. The van der Waals surface area contributed by atoms with Crippen LogP contribution >= 0.6 is 8.03 Å². The SMILES string of the molecule is CCOc1cc(-c2ccc(C(=O)NCNC(=O)[C@H](CCCc3ccccc3)[C@@H](CC)N(C=O)OCc3ccccc3)o2)cc([PH](=O)OC)c1. The predicted octanol–water partition coefficient (Wildman–Crippen LogP) is 5.90. The lowest BCUT2D eigenvalue weighted by Crippen LogP contribution is -2.48. The van der Waals surface area contributed by atoms with Gasteiger partial charge in [0.1, 0.15) is 18.1 Å². The number of ether oxygens (including phenoxy) is 1. The van der Waals surface area contributed by atoms with E-state index < -0.39 is 25.9 Å². The van der Waals surface area contributed by atoms with Crippen LogP contribution in [0.3, 0.4) is 0 Å². The Bertz CT molecular complexity index is 1660. The smallest absolute Gasteiger partial charge is 0.288 e. The number of benzene rings is 3. The van der Waals surface area contributed by atoms with Crippen LogP contribution in [0.1, 0.15) is 54.8 Å². The summed E-state index contributed by atoms with van der Waals surface area (Å²) in [6.07, 6.45) is 3.06. The Hall–Kier alpha value is -4.70. The molecule has 49 heavy (non-hydrogen) atoms. The van der Waals surface area contributed by atoms with Gasteiger partial charge in [0, 0.05) is 18.0 Å². The quantitative estimate of drug-likeness (QED) is 0.0507. The summed E-state index contributed by atoms with van der Waals surface area (Å²) in [5.74, 6) is -0.558. The lowest BCUT2D eigenvalue weighted by molar-refractivity contribution is -0.200. The van der Waals surface area contributed by atoms with E-state index in [1.807, 2.05) is 74.5 Å². The van der Waals surface area contributed by atoms with Crippen molar-refractivity contribution in [3.8, 4) is 17.1 Å². The second kappa shape index (κ2) is 19.3. The van der Waals surface area contributed by atoms with Gasteiger partial charge in [0.15, 0.2) is 5.76 Å². The Morgan fingerprint density at radius 3 is 2.31 bits per heavy atom. The summed E-state index contributed by atoms with van der Waals surface area (Å²) in [5, 5.41) is 7.19. The maximum Gasteiger partial charge on any atom is 0.288 e. The molecule has 1 unspecified atom stereocenters. The highest BCUT2D eigenvalue weighted by atomic mass is 31.1. The van der Waals surface area contributed by atoms with E-state index in [0.717, 1.165) is 17.5 Å². The van der Waals surface area contributed by atoms with Crippen LogP contribution in [0, 0.1) is 5.92 Å². The van der Waals surface area contributed by atoms with Crippen molar-refractivity contribution in [3.05, 3.63) is 108 Å². The molecular weight excluding hydrogens is 645 g/mol. The van der Waals surface area contributed by atoms with Gasteiger partial charge in [-0.3, -0.25) is 23.8 Å². The maximum absolute atomic E-state index is 13.7. The Labute approximate surface area is 287 Å². The second-order valence-corrected chi connectivity index (χ2v) is 12.8. The fourth-order valence-corrected chi connectivity index (χ4v) is 6.28. The number of furan rings is 1. The topological polar surface area (TPSA) is 136 Å². The summed E-state index contributed by atoms with van der Waals surface area (Å²) in [6, 6.07) is 27.1. The third-order valence-electron chi connectivity index (χ3n) is 7.96. The zero-order chi connectivity index (χ0) is 35.0. The van der Waals surface area contributed by atoms with Crippen LogP contribution in [0.25, 0.3) is 11.3 Å². The number of carbonyl (C=O) groups is 3. The number of amides is 3. The first kappa shape index (κ1) is 37.1. The highest BCUT2D eigenvalue weighted by molar-refractivity contribution is 7.48. The van der Waals surface area contributed by atoms with Gasteiger partial charge in [-0.05, 0) is 74.1 Å². The second-order valence-electron chi connectivity index (χ2n) is 11.2. The summed E-state index contributed by atoms with van der Waals surface area (Å²) in [4.78, 5) is 44.8. The summed E-state index contributed by atoms with van der Waals surface area (Å²) in [7, 11) is -1.11. The van der Waals surface area contributed by atoms with Crippen molar-refractivity contribution in [3.63, 3.8) is 0 Å². The molecule has 0 fully saturated rings. The molecule has 11 nitrogen and oxygen atoms in total. The molecule has 0 saturated heterocycles. The molecule has 2 N–H and O–H groups in total. The molecule has 1 heterocycles. The zero-order valence-electron chi connectivity index (χ0n) is 28.1. The van der Waals surface area contributed by atoms with Gasteiger partial charge in [-0.2, -0.15) is 0 Å². The van der Waals surface area contributed by atoms with Crippen molar-refractivity contribution in [2.45, 2.75) is 52.2 Å². The molecule has 0 aliphatic carbocycles. The zero-order valence-corrected chi connectivity index (χ0v) is 29.1. The average molecular weight is 690 g/mol. The number of hydrogen-bond donors (Lipinski definition) is 2. The van der Waals surface area contributed by atoms with Crippen LogP contribution in [0.5, 0.6) is 5.75 Å². The molecule has 260 valence electrons. The van der Waals surface area contributed by atoms with E-state index in [0.29, 0.717) is 54.7 Å². The lowest BCUT2D eigenvalue weighted by atomic mass is 9.90. The molecular formula is C37H44N3O8P. The van der Waals surface area contributed by atoms with E-state index in [9.17, 15) is 18.9 Å². The van der Waals surface area contributed by atoms with E-state index in [-0.39, 0.29) is 24.9 Å². The molecule has 3 amide bonds. The van der Waals surface area contributed by atoms with Crippen LogP contribution < -0.4 is 20.7 Å². The first-order valence-electron chi connectivity index (χ1n) is 16.3. The molecule has 4 rings (SSSR count). The van der Waals surface area contributed by atoms with E-state index in [4.69, 9.17) is 18.5 Å². The molecule has 12 heteroatoms. The first-order valence-corrected chi connectivity index (χ1v) is 17.6. The molecule has 0 bridgehead atoms. The largest absolute Gasteiger partial charge is 0.494 e. The monoisotopic (exact) mass is 689 g/mol. The summed E-state index contributed by atoms with van der Waals surface area (Å²) in [5.41, 5.74) is 2.62. The number of aryl methyl sites for hydroxylation is 1. The van der Waals surface area contributed by atoms with Crippen molar-refractivity contribution in [1.29, 1.82) is 0 Å². The standard InChI is InChI=1S/C37H44N3O8P/c1-4-33(40(26-41)47-24-28-15-10-7-11-16-28)32(18-12-17-27-13-8-6-9-14-27)36(42)38-25-39-37(43)35-20-19-34(48-35)29-21-30(46-5-2)23-31(22-29)49(44)45-3/h6-11,13-16,19-23,26,32-33,49H,4-5,12,17-18,24-25H2,1-3H3,(H,38,42)(H,39,43)/t32-,33-/m1/s1. The van der Waals surface area contributed by atoms with Crippen LogP contribution in [0.15, 0.2) is 95.4 Å². The van der Waals surface area contributed by atoms with Crippen LogP contribution in [-0.4, -0.2) is 49.7 Å². The van der Waals surface area contributed by atoms with Gasteiger partial charge < -0.3 is 24.3 Å². The fraction of sp³-hybridized carbons (Fsp3) is 0.324. The van der Waals surface area contributed by atoms with Gasteiger partial charge in [-0.25, -0.2) is 5.06 Å². The van der Waals surface area contributed by atoms with Gasteiger partial charge in [-0.1, -0.05) is 67.6 Å². The maximum atomic E-state index is 13.7. The number of rotatable bonds is 20. The molecule has 3 atom stereocenters. The highest BCUT2D eigenvalue weighted by Gasteiger charge is 2.32. The fourth-order valence-electron chi connectivity index (χ4n) is 5.51. The molecule has 4 aromatic rings. The lowest BCUT2D eigenvalue weighted by Gasteiger charge is -2.32.